The predicted molar refractivity (Wildman–Crippen MR) is 44.8 cm³/mol. The predicted octanol–water partition coefficient (Wildman–Crippen LogP) is 2.16. The summed E-state index contributed by atoms with van der Waals surface area (Å²) in [5.41, 5.74) is 5.61. The molecular weight excluding hydrogens is 122 g/mol. The molecule has 0 aromatic rings. The van der Waals surface area contributed by atoms with Gasteiger partial charge in [0, 0.05) is 0 Å². The minimum absolute atomic E-state index is 0.810. The summed E-state index contributed by atoms with van der Waals surface area (Å²) < 4.78 is 0. The highest BCUT2D eigenvalue weighted by Crippen LogP contribution is 2.32. The molecule has 0 aliphatic heterocycles. The highest BCUT2D eigenvalue weighted by atomic mass is 14.5. The molecule has 60 valence electrons. The highest BCUT2D eigenvalue weighted by molar-refractivity contribution is 4.73. The van der Waals surface area contributed by atoms with Gasteiger partial charge in [-0.3, -0.25) is 0 Å². The molecule has 1 heteroatoms. The second kappa shape index (κ2) is 3.97. The zero-order valence-electron chi connectivity index (χ0n) is 6.97. The maximum Gasteiger partial charge on any atom is -0.00489 e. The van der Waals surface area contributed by atoms with E-state index in [0.717, 1.165) is 18.4 Å². The van der Waals surface area contributed by atoms with Gasteiger partial charge in [0.1, 0.15) is 0 Å². The highest BCUT2D eigenvalue weighted by Gasteiger charge is 2.20. The zero-order chi connectivity index (χ0) is 7.40. The van der Waals surface area contributed by atoms with E-state index in [0.29, 0.717) is 0 Å². The van der Waals surface area contributed by atoms with Gasteiger partial charge in [-0.15, -0.1) is 0 Å². The zero-order valence-corrected chi connectivity index (χ0v) is 6.97. The van der Waals surface area contributed by atoms with E-state index in [2.05, 4.69) is 6.92 Å². The smallest absolute Gasteiger partial charge is 0.00489 e. The van der Waals surface area contributed by atoms with E-state index in [9.17, 15) is 0 Å². The fourth-order valence-corrected chi connectivity index (χ4v) is 1.63. The quantitative estimate of drug-likeness (QED) is 0.638. The lowest BCUT2D eigenvalue weighted by atomic mass is 9.78. The first-order valence-corrected chi connectivity index (χ1v) is 4.56. The van der Waals surface area contributed by atoms with Crippen molar-refractivity contribution < 1.29 is 0 Å². The van der Waals surface area contributed by atoms with Crippen LogP contribution in [0.2, 0.25) is 0 Å². The van der Waals surface area contributed by atoms with Crippen molar-refractivity contribution in [1.82, 2.24) is 0 Å². The fourth-order valence-electron chi connectivity index (χ4n) is 1.63. The van der Waals surface area contributed by atoms with E-state index in [1.54, 1.807) is 0 Å². The second-order valence-electron chi connectivity index (χ2n) is 3.54. The van der Waals surface area contributed by atoms with Gasteiger partial charge >= 0.3 is 0 Å². The molecule has 1 saturated carbocycles. The topological polar surface area (TPSA) is 26.0 Å². The van der Waals surface area contributed by atoms with Crippen molar-refractivity contribution in [2.75, 3.05) is 6.54 Å². The summed E-state index contributed by atoms with van der Waals surface area (Å²) in [6.07, 6.45) is 7.07. The van der Waals surface area contributed by atoms with Crippen molar-refractivity contribution in [3.05, 3.63) is 0 Å². The number of nitrogens with two attached hydrogens (primary N) is 1. The van der Waals surface area contributed by atoms with Gasteiger partial charge < -0.3 is 5.73 Å². The summed E-state index contributed by atoms with van der Waals surface area (Å²) in [5.74, 6) is 1.85. The van der Waals surface area contributed by atoms with Crippen LogP contribution in [0.3, 0.4) is 0 Å². The van der Waals surface area contributed by atoms with Crippen LogP contribution in [-0.2, 0) is 0 Å². The number of hydrogen-bond donors (Lipinski definition) is 1. The normalized spacial score (nSPS) is 22.2. The molecule has 0 spiro atoms. The Kier molecular flexibility index (Phi) is 3.20. The fraction of sp³-hybridized carbons (Fsp3) is 1.00. The van der Waals surface area contributed by atoms with E-state index < -0.39 is 0 Å². The van der Waals surface area contributed by atoms with Crippen molar-refractivity contribution in [2.24, 2.45) is 17.6 Å². The molecule has 1 rings (SSSR count). The summed E-state index contributed by atoms with van der Waals surface area (Å²) in [6, 6.07) is 0. The number of hydrogen-bond acceptors (Lipinski definition) is 1. The molecule has 1 aliphatic rings. The molecule has 1 unspecified atom stereocenters. The van der Waals surface area contributed by atoms with Crippen LogP contribution in [0.1, 0.15) is 39.0 Å². The van der Waals surface area contributed by atoms with Crippen LogP contribution in [-0.4, -0.2) is 6.54 Å². The Hall–Kier alpha value is -0.0400. The van der Waals surface area contributed by atoms with Crippen LogP contribution < -0.4 is 5.73 Å². The average Bonchev–Trinajstić information content (AvgIpc) is 1.87. The Balaban J connectivity index is 2.08. The Morgan fingerprint density at radius 3 is 2.50 bits per heavy atom. The Labute approximate surface area is 64.0 Å². The first-order chi connectivity index (χ1) is 4.86. The van der Waals surface area contributed by atoms with Crippen LogP contribution in [0.25, 0.3) is 0 Å². The van der Waals surface area contributed by atoms with Gasteiger partial charge in [-0.1, -0.05) is 32.6 Å². The lowest BCUT2D eigenvalue weighted by Gasteiger charge is -2.28. The minimum Gasteiger partial charge on any atom is -0.330 e. The van der Waals surface area contributed by atoms with Crippen LogP contribution in [0.15, 0.2) is 0 Å². The maximum atomic E-state index is 5.61. The maximum absolute atomic E-state index is 5.61. The molecule has 0 aromatic heterocycles. The van der Waals surface area contributed by atoms with Crippen LogP contribution in [0, 0.1) is 11.8 Å². The Bertz CT molecular complexity index is 82.7. The SMILES string of the molecule is CCC(CN)CC1CCC1. The first kappa shape index (κ1) is 8.06. The van der Waals surface area contributed by atoms with E-state index in [-0.39, 0.29) is 0 Å². The third-order valence-corrected chi connectivity index (χ3v) is 2.80. The third kappa shape index (κ3) is 1.98. The van der Waals surface area contributed by atoms with E-state index in [4.69, 9.17) is 5.73 Å². The molecule has 2 N–H and O–H groups in total. The lowest BCUT2D eigenvalue weighted by molar-refractivity contribution is 0.248. The molecule has 1 aliphatic carbocycles. The van der Waals surface area contributed by atoms with Gasteiger partial charge in [0.05, 0.1) is 0 Å². The molecule has 1 fully saturated rings. The molecule has 1 nitrogen and oxygen atoms in total. The van der Waals surface area contributed by atoms with Gasteiger partial charge in [-0.25, -0.2) is 0 Å². The van der Waals surface area contributed by atoms with E-state index in [1.807, 2.05) is 0 Å². The van der Waals surface area contributed by atoms with Crippen LogP contribution in [0.4, 0.5) is 0 Å². The molecule has 0 heterocycles. The molecule has 0 saturated heterocycles. The molecule has 0 bridgehead atoms. The standard InChI is InChI=1S/C9H19N/c1-2-8(7-10)6-9-4-3-5-9/h8-9H,2-7,10H2,1H3. The first-order valence-electron chi connectivity index (χ1n) is 4.56. The van der Waals surface area contributed by atoms with Crippen molar-refractivity contribution >= 4 is 0 Å². The summed E-state index contributed by atoms with van der Waals surface area (Å²) >= 11 is 0. The summed E-state index contributed by atoms with van der Waals surface area (Å²) in [4.78, 5) is 0. The monoisotopic (exact) mass is 141 g/mol. The lowest BCUT2D eigenvalue weighted by Crippen LogP contribution is -2.21. The van der Waals surface area contributed by atoms with Crippen molar-refractivity contribution in [1.29, 1.82) is 0 Å². The van der Waals surface area contributed by atoms with Crippen LogP contribution in [0.5, 0.6) is 0 Å². The van der Waals surface area contributed by atoms with Gasteiger partial charge in [-0.2, -0.15) is 0 Å². The minimum atomic E-state index is 0.810. The van der Waals surface area contributed by atoms with Crippen molar-refractivity contribution in [2.45, 2.75) is 39.0 Å². The van der Waals surface area contributed by atoms with Gasteiger partial charge in [0.15, 0.2) is 0 Å². The summed E-state index contributed by atoms with van der Waals surface area (Å²) in [7, 11) is 0. The molecule has 0 aromatic carbocycles. The average molecular weight is 141 g/mol. The summed E-state index contributed by atoms with van der Waals surface area (Å²) in [5, 5.41) is 0. The Morgan fingerprint density at radius 1 is 1.50 bits per heavy atom. The van der Waals surface area contributed by atoms with Gasteiger partial charge in [0.25, 0.3) is 0 Å². The molecule has 1 atom stereocenters. The molecular formula is C9H19N. The summed E-state index contributed by atoms with van der Waals surface area (Å²) in [6.45, 7) is 3.14. The van der Waals surface area contributed by atoms with E-state index in [1.165, 1.54) is 32.1 Å². The van der Waals surface area contributed by atoms with E-state index >= 15 is 0 Å². The molecule has 0 radical (unpaired) electrons. The van der Waals surface area contributed by atoms with Gasteiger partial charge in [-0.05, 0) is 24.8 Å². The van der Waals surface area contributed by atoms with Crippen molar-refractivity contribution in [3.63, 3.8) is 0 Å². The molecule has 10 heavy (non-hydrogen) atoms. The molecule has 0 amide bonds. The van der Waals surface area contributed by atoms with Crippen molar-refractivity contribution in [3.8, 4) is 0 Å². The number of rotatable bonds is 4. The Morgan fingerprint density at radius 2 is 2.20 bits per heavy atom. The van der Waals surface area contributed by atoms with Crippen LogP contribution >= 0.6 is 0 Å². The van der Waals surface area contributed by atoms with Gasteiger partial charge in [0.2, 0.25) is 0 Å². The second-order valence-corrected chi connectivity index (χ2v) is 3.54. The largest absolute Gasteiger partial charge is 0.330 e. The third-order valence-electron chi connectivity index (χ3n) is 2.80.